The molecule has 0 saturated carbocycles. The predicted octanol–water partition coefficient (Wildman–Crippen LogP) is 12.3. The van der Waals surface area contributed by atoms with Gasteiger partial charge in [-0.25, -0.2) is 0 Å². The molecule has 2 heteroatoms. The van der Waals surface area contributed by atoms with Crippen molar-refractivity contribution in [3.8, 4) is 22.3 Å². The van der Waals surface area contributed by atoms with Crippen LogP contribution in [0, 0.1) is 0 Å². The summed E-state index contributed by atoms with van der Waals surface area (Å²) in [5.74, 6) is 0. The van der Waals surface area contributed by atoms with E-state index in [-0.39, 0.29) is 5.41 Å². The molecule has 6 aromatic carbocycles. The van der Waals surface area contributed by atoms with E-state index in [0.717, 1.165) is 25.7 Å². The van der Waals surface area contributed by atoms with Crippen molar-refractivity contribution in [2.45, 2.75) is 44.9 Å². The van der Waals surface area contributed by atoms with Crippen molar-refractivity contribution in [2.24, 2.45) is 0 Å². The zero-order valence-corrected chi connectivity index (χ0v) is 26.1. The van der Waals surface area contributed by atoms with Gasteiger partial charge in [0, 0.05) is 44.3 Å². The van der Waals surface area contributed by atoms with Crippen molar-refractivity contribution in [2.75, 3.05) is 4.90 Å². The zero-order valence-electron chi connectivity index (χ0n) is 26.1. The number of rotatable bonds is 8. The van der Waals surface area contributed by atoms with Gasteiger partial charge in [0.2, 0.25) is 0 Å². The fourth-order valence-corrected chi connectivity index (χ4v) is 8.02. The Morgan fingerprint density at radius 1 is 0.511 bits per heavy atom. The maximum atomic E-state index is 3.75. The smallest absolute Gasteiger partial charge is 0.0544 e. The largest absolute Gasteiger partial charge is 0.354 e. The normalized spacial score (nSPS) is 13.2. The van der Waals surface area contributed by atoms with Gasteiger partial charge in [-0.15, -0.1) is 0 Å². The number of aromatic amines is 1. The van der Waals surface area contributed by atoms with Crippen LogP contribution in [-0.2, 0) is 5.41 Å². The van der Waals surface area contributed by atoms with E-state index in [9.17, 15) is 0 Å². The van der Waals surface area contributed by atoms with Crippen molar-refractivity contribution in [1.29, 1.82) is 0 Å². The molecule has 1 N–H and O–H groups in total. The quantitative estimate of drug-likeness (QED) is 0.189. The van der Waals surface area contributed by atoms with Crippen LogP contribution in [-0.4, -0.2) is 4.98 Å². The van der Waals surface area contributed by atoms with Gasteiger partial charge in [-0.1, -0.05) is 118 Å². The Morgan fingerprint density at radius 3 is 1.80 bits per heavy atom. The van der Waals surface area contributed by atoms with E-state index >= 15 is 0 Å². The molecule has 1 heterocycles. The van der Waals surface area contributed by atoms with E-state index in [0.29, 0.717) is 0 Å². The van der Waals surface area contributed by atoms with Crippen LogP contribution < -0.4 is 4.90 Å². The van der Waals surface area contributed by atoms with Crippen LogP contribution in [0.25, 0.3) is 44.1 Å². The van der Waals surface area contributed by atoms with Crippen LogP contribution in [0.4, 0.5) is 17.1 Å². The molecule has 0 fully saturated rings. The summed E-state index contributed by atoms with van der Waals surface area (Å²) in [5.41, 5.74) is 14.2. The number of benzene rings is 6. The van der Waals surface area contributed by atoms with E-state index in [4.69, 9.17) is 0 Å². The molecule has 0 aliphatic heterocycles. The van der Waals surface area contributed by atoms with Gasteiger partial charge in [-0.05, 0) is 89.2 Å². The summed E-state index contributed by atoms with van der Waals surface area (Å²) in [6.07, 6.45) is 4.51. The fourth-order valence-electron chi connectivity index (χ4n) is 8.02. The third-order valence-corrected chi connectivity index (χ3v) is 9.84. The van der Waals surface area contributed by atoms with Crippen molar-refractivity contribution in [1.82, 2.24) is 4.98 Å². The molecule has 0 saturated heterocycles. The minimum atomic E-state index is -0.0341. The van der Waals surface area contributed by atoms with Crippen molar-refractivity contribution in [3.05, 3.63) is 151 Å². The Kier molecular flexibility index (Phi) is 6.79. The van der Waals surface area contributed by atoms with Crippen LogP contribution in [0.3, 0.4) is 0 Å². The lowest BCUT2D eigenvalue weighted by atomic mass is 9.71. The third-order valence-electron chi connectivity index (χ3n) is 9.84. The van der Waals surface area contributed by atoms with Gasteiger partial charge < -0.3 is 9.88 Å². The number of anilines is 3. The molecule has 0 radical (unpaired) electrons. The lowest BCUT2D eigenvalue weighted by molar-refractivity contribution is 0.436. The Labute approximate surface area is 266 Å². The summed E-state index contributed by atoms with van der Waals surface area (Å²) in [6, 6.07) is 51.3. The number of H-pyrrole nitrogens is 1. The molecule has 220 valence electrons. The minimum absolute atomic E-state index is 0.0341. The zero-order chi connectivity index (χ0) is 30.4. The summed E-state index contributed by atoms with van der Waals surface area (Å²) in [7, 11) is 0. The Morgan fingerprint density at radius 2 is 1.11 bits per heavy atom. The van der Waals surface area contributed by atoms with E-state index in [1.165, 1.54) is 72.2 Å². The van der Waals surface area contributed by atoms with Crippen LogP contribution in [0.1, 0.15) is 50.7 Å². The molecule has 0 bridgehead atoms. The second-order valence-corrected chi connectivity index (χ2v) is 12.5. The molecule has 8 rings (SSSR count). The number of aromatic nitrogens is 1. The molecule has 7 aromatic rings. The number of hydrogen-bond donors (Lipinski definition) is 1. The maximum Gasteiger partial charge on any atom is 0.0544 e. The number of nitrogens with zero attached hydrogens (tertiary/aromatic N) is 1. The van der Waals surface area contributed by atoms with Gasteiger partial charge >= 0.3 is 0 Å². The number of fused-ring (bicyclic) bond motifs is 6. The molecular weight excluding hydrogens is 544 g/mol. The van der Waals surface area contributed by atoms with Crippen LogP contribution in [0.2, 0.25) is 0 Å². The topological polar surface area (TPSA) is 19.0 Å². The molecule has 1 aliphatic carbocycles. The molecule has 2 nitrogen and oxygen atoms in total. The molecule has 0 amide bonds. The second kappa shape index (κ2) is 11.1. The summed E-state index contributed by atoms with van der Waals surface area (Å²) < 4.78 is 0. The third kappa shape index (κ3) is 4.39. The molecule has 0 spiro atoms. The van der Waals surface area contributed by atoms with Gasteiger partial charge in [0.1, 0.15) is 0 Å². The molecule has 45 heavy (non-hydrogen) atoms. The minimum Gasteiger partial charge on any atom is -0.354 e. The number of nitrogens with one attached hydrogen (secondary N) is 1. The predicted molar refractivity (Wildman–Crippen MR) is 192 cm³/mol. The van der Waals surface area contributed by atoms with Gasteiger partial charge in [0.25, 0.3) is 0 Å². The first-order chi connectivity index (χ1) is 22.2. The highest BCUT2D eigenvalue weighted by Crippen LogP contribution is 2.56. The summed E-state index contributed by atoms with van der Waals surface area (Å²) in [5, 5.41) is 2.56. The van der Waals surface area contributed by atoms with Gasteiger partial charge in [0.05, 0.1) is 5.52 Å². The molecule has 1 aliphatic rings. The maximum absolute atomic E-state index is 3.75. The number of para-hydroxylation sites is 4. The molecule has 0 unspecified atom stereocenters. The highest BCUT2D eigenvalue weighted by molar-refractivity contribution is 6.12. The second-order valence-electron chi connectivity index (χ2n) is 12.5. The summed E-state index contributed by atoms with van der Waals surface area (Å²) in [6.45, 7) is 4.68. The van der Waals surface area contributed by atoms with E-state index in [1.807, 2.05) is 0 Å². The Balaban J connectivity index is 1.32. The standard InChI is InChI=1S/C43H38N2/c1-3-26-43(27-4-2)39-28-30(34-19-13-20-38-37-18-11-12-21-41(37)44-42(34)38)22-24-35(39)36-25-23-33(29-40(36)43)45(31-14-7-5-8-15-31)32-16-9-6-10-17-32/h5-25,28-29,44H,3-4,26-27H2,1-2H3. The highest BCUT2D eigenvalue weighted by Gasteiger charge is 2.42. The summed E-state index contributed by atoms with van der Waals surface area (Å²) in [4.78, 5) is 6.14. The van der Waals surface area contributed by atoms with E-state index in [1.54, 1.807) is 0 Å². The first-order valence-electron chi connectivity index (χ1n) is 16.4. The van der Waals surface area contributed by atoms with Gasteiger partial charge in [-0.3, -0.25) is 0 Å². The van der Waals surface area contributed by atoms with E-state index in [2.05, 4.69) is 163 Å². The van der Waals surface area contributed by atoms with Crippen LogP contribution in [0.15, 0.2) is 140 Å². The average Bonchev–Trinajstić information content (AvgIpc) is 3.59. The average molecular weight is 583 g/mol. The van der Waals surface area contributed by atoms with Crippen molar-refractivity contribution >= 4 is 38.9 Å². The van der Waals surface area contributed by atoms with Gasteiger partial charge in [0.15, 0.2) is 0 Å². The molecule has 1 aromatic heterocycles. The van der Waals surface area contributed by atoms with Crippen LogP contribution >= 0.6 is 0 Å². The van der Waals surface area contributed by atoms with E-state index < -0.39 is 0 Å². The molecular formula is C43H38N2. The first-order valence-corrected chi connectivity index (χ1v) is 16.4. The summed E-state index contributed by atoms with van der Waals surface area (Å²) >= 11 is 0. The Bertz CT molecular complexity index is 2090. The lowest BCUT2D eigenvalue weighted by Crippen LogP contribution is -2.25. The first kappa shape index (κ1) is 27.5. The monoisotopic (exact) mass is 582 g/mol. The fraction of sp³-hybridized carbons (Fsp3) is 0.163. The Hall–Kier alpha value is -5.08. The highest BCUT2D eigenvalue weighted by atomic mass is 15.1. The SMILES string of the molecule is CCCC1(CCC)c2cc(-c3cccc4c3[nH]c3ccccc34)ccc2-c2ccc(N(c3ccccc3)c3ccccc3)cc21. The lowest BCUT2D eigenvalue weighted by Gasteiger charge is -2.33. The van der Waals surface area contributed by atoms with Crippen LogP contribution in [0.5, 0.6) is 0 Å². The van der Waals surface area contributed by atoms with Crippen molar-refractivity contribution < 1.29 is 0 Å². The molecule has 0 atom stereocenters. The van der Waals surface area contributed by atoms with Gasteiger partial charge in [-0.2, -0.15) is 0 Å². The van der Waals surface area contributed by atoms with Crippen molar-refractivity contribution in [3.63, 3.8) is 0 Å². The number of hydrogen-bond acceptors (Lipinski definition) is 1.